The van der Waals surface area contributed by atoms with Crippen LogP contribution in [0.3, 0.4) is 0 Å². The monoisotopic (exact) mass is 401 g/mol. The molecule has 2 aromatic rings. The van der Waals surface area contributed by atoms with Gasteiger partial charge in [0.2, 0.25) is 5.88 Å². The molecule has 1 heterocycles. The van der Waals surface area contributed by atoms with Crippen LogP contribution in [0.1, 0.15) is 57.2 Å². The van der Waals surface area contributed by atoms with Crippen LogP contribution < -0.4 is 4.74 Å². The highest BCUT2D eigenvalue weighted by molar-refractivity contribution is 5.71. The van der Waals surface area contributed by atoms with E-state index in [2.05, 4.69) is 4.98 Å². The topological polar surface area (TPSA) is 77.9 Å². The van der Waals surface area contributed by atoms with Crippen LogP contribution in [0.5, 0.6) is 5.88 Å². The Labute approximate surface area is 172 Å². The Balaban J connectivity index is 2.26. The van der Waals surface area contributed by atoms with E-state index >= 15 is 0 Å². The zero-order valence-corrected chi connectivity index (χ0v) is 17.9. The molecule has 6 nitrogen and oxygen atoms in total. The van der Waals surface area contributed by atoms with Gasteiger partial charge in [-0.05, 0) is 44.4 Å². The third-order valence-corrected chi connectivity index (χ3v) is 4.51. The van der Waals surface area contributed by atoms with Gasteiger partial charge in [-0.2, -0.15) is 0 Å². The van der Waals surface area contributed by atoms with E-state index in [9.17, 15) is 9.90 Å². The predicted octanol–water partition coefficient (Wildman–Crippen LogP) is 4.14. The van der Waals surface area contributed by atoms with Gasteiger partial charge >= 0.3 is 5.97 Å². The molecular weight excluding hydrogens is 370 g/mol. The average Bonchev–Trinajstić information content (AvgIpc) is 2.67. The molecule has 6 heteroatoms. The number of benzene rings is 1. The Morgan fingerprint density at radius 3 is 2.38 bits per heavy atom. The van der Waals surface area contributed by atoms with E-state index in [-0.39, 0.29) is 13.0 Å². The summed E-state index contributed by atoms with van der Waals surface area (Å²) in [4.78, 5) is 16.7. The number of methoxy groups -OCH3 is 1. The van der Waals surface area contributed by atoms with Gasteiger partial charge in [0, 0.05) is 11.8 Å². The first kappa shape index (κ1) is 22.8. The fourth-order valence-corrected chi connectivity index (χ4v) is 3.10. The van der Waals surface area contributed by atoms with Crippen molar-refractivity contribution in [3.05, 3.63) is 59.3 Å². The minimum atomic E-state index is -1.41. The lowest BCUT2D eigenvalue weighted by atomic mass is 9.85. The van der Waals surface area contributed by atoms with E-state index < -0.39 is 17.2 Å². The SMILES string of the molecule is CCC(O)(CC(=O)OC(C)(C)C)c1ccnc(OC)c1COCc1ccccc1. The molecule has 29 heavy (non-hydrogen) atoms. The van der Waals surface area contributed by atoms with E-state index in [0.717, 1.165) is 5.56 Å². The smallest absolute Gasteiger partial charge is 0.309 e. The first-order chi connectivity index (χ1) is 13.7. The number of ether oxygens (including phenoxy) is 3. The van der Waals surface area contributed by atoms with Crippen LogP contribution in [0.2, 0.25) is 0 Å². The van der Waals surface area contributed by atoms with Crippen LogP contribution in [0.25, 0.3) is 0 Å². The number of hydrogen-bond donors (Lipinski definition) is 1. The minimum Gasteiger partial charge on any atom is -0.481 e. The zero-order valence-electron chi connectivity index (χ0n) is 17.9. The third-order valence-electron chi connectivity index (χ3n) is 4.51. The van der Waals surface area contributed by atoms with Gasteiger partial charge in [0.05, 0.1) is 26.7 Å². The summed E-state index contributed by atoms with van der Waals surface area (Å²) >= 11 is 0. The van der Waals surface area contributed by atoms with E-state index in [0.29, 0.717) is 30.0 Å². The second kappa shape index (κ2) is 9.85. The van der Waals surface area contributed by atoms with E-state index in [1.807, 2.05) is 37.3 Å². The lowest BCUT2D eigenvalue weighted by Crippen LogP contribution is -2.33. The first-order valence-corrected chi connectivity index (χ1v) is 9.77. The highest BCUT2D eigenvalue weighted by Crippen LogP contribution is 2.35. The normalized spacial score (nSPS) is 13.6. The molecule has 1 N–H and O–H groups in total. The molecule has 1 aromatic carbocycles. The number of hydrogen-bond acceptors (Lipinski definition) is 6. The fourth-order valence-electron chi connectivity index (χ4n) is 3.10. The zero-order chi connectivity index (χ0) is 21.5. The third kappa shape index (κ3) is 6.54. The molecule has 0 fully saturated rings. The molecule has 1 atom stereocenters. The van der Waals surface area contributed by atoms with Crippen LogP contribution >= 0.6 is 0 Å². The number of esters is 1. The molecule has 0 saturated carbocycles. The average molecular weight is 402 g/mol. The van der Waals surface area contributed by atoms with Crippen molar-refractivity contribution in [3.63, 3.8) is 0 Å². The molecule has 1 unspecified atom stereocenters. The maximum Gasteiger partial charge on any atom is 0.309 e. The van der Waals surface area contributed by atoms with Gasteiger partial charge in [-0.3, -0.25) is 4.79 Å². The molecule has 1 aromatic heterocycles. The maximum absolute atomic E-state index is 12.4. The number of aromatic nitrogens is 1. The Morgan fingerprint density at radius 1 is 1.10 bits per heavy atom. The van der Waals surface area contributed by atoms with Gasteiger partial charge in [-0.1, -0.05) is 37.3 Å². The predicted molar refractivity (Wildman–Crippen MR) is 110 cm³/mol. The molecule has 0 bridgehead atoms. The van der Waals surface area contributed by atoms with Gasteiger partial charge in [0.1, 0.15) is 11.2 Å². The summed E-state index contributed by atoms with van der Waals surface area (Å²) in [5.74, 6) is -0.0968. The van der Waals surface area contributed by atoms with Gasteiger partial charge in [-0.15, -0.1) is 0 Å². The second-order valence-corrected chi connectivity index (χ2v) is 7.97. The Kier molecular flexibility index (Phi) is 7.76. The molecule has 158 valence electrons. The molecule has 0 aliphatic heterocycles. The van der Waals surface area contributed by atoms with E-state index in [4.69, 9.17) is 14.2 Å². The molecular formula is C23H31NO5. The highest BCUT2D eigenvalue weighted by Gasteiger charge is 2.35. The van der Waals surface area contributed by atoms with Crippen molar-refractivity contribution in [2.75, 3.05) is 7.11 Å². The number of aliphatic hydroxyl groups is 1. The van der Waals surface area contributed by atoms with Crippen LogP contribution in [0, 0.1) is 0 Å². The molecule has 0 radical (unpaired) electrons. The first-order valence-electron chi connectivity index (χ1n) is 9.77. The van der Waals surface area contributed by atoms with Crippen LogP contribution in [-0.2, 0) is 33.1 Å². The van der Waals surface area contributed by atoms with Crippen LogP contribution in [0.4, 0.5) is 0 Å². The number of nitrogens with zero attached hydrogens (tertiary/aromatic N) is 1. The van der Waals surface area contributed by atoms with Crippen molar-refractivity contribution in [1.29, 1.82) is 0 Å². The second-order valence-electron chi connectivity index (χ2n) is 7.97. The van der Waals surface area contributed by atoms with Gasteiger partial charge in [0.15, 0.2) is 0 Å². The number of carbonyl (C=O) groups is 1. The lowest BCUT2D eigenvalue weighted by molar-refractivity contribution is -0.161. The van der Waals surface area contributed by atoms with E-state index in [1.165, 1.54) is 7.11 Å². The minimum absolute atomic E-state index is 0.167. The summed E-state index contributed by atoms with van der Waals surface area (Å²) < 4.78 is 16.7. The molecule has 0 aliphatic carbocycles. The van der Waals surface area contributed by atoms with Crippen LogP contribution in [0.15, 0.2) is 42.6 Å². The van der Waals surface area contributed by atoms with Crippen molar-refractivity contribution >= 4 is 5.97 Å². The quantitative estimate of drug-likeness (QED) is 0.637. The summed E-state index contributed by atoms with van der Waals surface area (Å²) in [6.45, 7) is 7.83. The Hall–Kier alpha value is -2.44. The molecule has 0 aliphatic rings. The largest absolute Gasteiger partial charge is 0.481 e. The van der Waals surface area contributed by atoms with Crippen molar-refractivity contribution < 1.29 is 24.1 Å². The van der Waals surface area contributed by atoms with Gasteiger partial charge in [0.25, 0.3) is 0 Å². The molecule has 2 rings (SSSR count). The van der Waals surface area contributed by atoms with Crippen LogP contribution in [-0.4, -0.2) is 28.8 Å². The van der Waals surface area contributed by atoms with Crippen molar-refractivity contribution in [2.24, 2.45) is 0 Å². The highest BCUT2D eigenvalue weighted by atomic mass is 16.6. The Bertz CT molecular complexity index is 801. The molecule has 0 saturated heterocycles. The van der Waals surface area contributed by atoms with Gasteiger partial charge in [-0.25, -0.2) is 4.98 Å². The van der Waals surface area contributed by atoms with Gasteiger partial charge < -0.3 is 19.3 Å². The summed E-state index contributed by atoms with van der Waals surface area (Å²) in [6, 6.07) is 11.5. The summed E-state index contributed by atoms with van der Waals surface area (Å²) in [5.41, 5.74) is 0.189. The molecule has 0 spiro atoms. The van der Waals surface area contributed by atoms with Crippen molar-refractivity contribution in [2.45, 2.75) is 65.0 Å². The number of rotatable bonds is 9. The lowest BCUT2D eigenvalue weighted by Gasteiger charge is -2.30. The van der Waals surface area contributed by atoms with Crippen molar-refractivity contribution in [1.82, 2.24) is 4.98 Å². The Morgan fingerprint density at radius 2 is 1.79 bits per heavy atom. The summed E-state index contributed by atoms with van der Waals surface area (Å²) in [5, 5.41) is 11.3. The number of carbonyl (C=O) groups excluding carboxylic acids is 1. The van der Waals surface area contributed by atoms with E-state index in [1.54, 1.807) is 33.0 Å². The number of pyridine rings is 1. The summed E-state index contributed by atoms with van der Waals surface area (Å²) in [6.07, 6.45) is 1.72. The fraction of sp³-hybridized carbons (Fsp3) is 0.478. The summed E-state index contributed by atoms with van der Waals surface area (Å²) in [7, 11) is 1.52. The standard InChI is InChI=1S/C23H31NO5/c1-6-23(26,14-20(25)29-22(2,3)4)19-12-13-24-21(27-5)18(19)16-28-15-17-10-8-7-9-11-17/h7-13,26H,6,14-16H2,1-5H3. The maximum atomic E-state index is 12.4. The molecule has 0 amide bonds. The van der Waals surface area contributed by atoms with Crippen molar-refractivity contribution in [3.8, 4) is 5.88 Å².